The molecule has 0 aromatic rings. The van der Waals surface area contributed by atoms with Crippen molar-refractivity contribution in [3.63, 3.8) is 0 Å². The summed E-state index contributed by atoms with van der Waals surface area (Å²) in [6.07, 6.45) is 1.65. The van der Waals surface area contributed by atoms with E-state index in [1.807, 2.05) is 6.92 Å². The molecule has 3 nitrogen and oxygen atoms in total. The second-order valence-electron chi connectivity index (χ2n) is 2.32. The maximum atomic E-state index is 8.38. The molecule has 0 aromatic heterocycles. The van der Waals surface area contributed by atoms with Crippen LogP contribution in [-0.2, 0) is 4.74 Å². The Labute approximate surface area is 62.2 Å². The number of aliphatic hydroxyl groups excluding tert-OH is 1. The molecule has 0 spiro atoms. The van der Waals surface area contributed by atoms with Crippen LogP contribution in [0.4, 0.5) is 0 Å². The third-order valence-corrected chi connectivity index (χ3v) is 1.30. The summed E-state index contributed by atoms with van der Waals surface area (Å²) in [6, 6.07) is 0.152. The van der Waals surface area contributed by atoms with E-state index in [4.69, 9.17) is 15.6 Å². The van der Waals surface area contributed by atoms with Gasteiger partial charge in [0.1, 0.15) is 0 Å². The topological polar surface area (TPSA) is 55.5 Å². The summed E-state index contributed by atoms with van der Waals surface area (Å²) in [5, 5.41) is 8.38. The maximum Gasteiger partial charge on any atom is 0.0617 e. The highest BCUT2D eigenvalue weighted by molar-refractivity contribution is 4.54. The molecule has 0 aromatic carbocycles. The molecule has 1 atom stereocenters. The zero-order chi connectivity index (χ0) is 7.82. The third kappa shape index (κ3) is 6.01. The molecule has 1 unspecified atom stereocenters. The van der Waals surface area contributed by atoms with Crippen molar-refractivity contribution in [2.24, 2.45) is 5.73 Å². The van der Waals surface area contributed by atoms with Gasteiger partial charge in [-0.3, -0.25) is 0 Å². The van der Waals surface area contributed by atoms with Crippen molar-refractivity contribution in [3.05, 3.63) is 0 Å². The van der Waals surface area contributed by atoms with Gasteiger partial charge in [-0.05, 0) is 12.8 Å². The molecule has 0 aliphatic rings. The second-order valence-corrected chi connectivity index (χ2v) is 2.32. The first-order valence-electron chi connectivity index (χ1n) is 3.75. The van der Waals surface area contributed by atoms with Crippen LogP contribution in [0, 0.1) is 0 Å². The van der Waals surface area contributed by atoms with Gasteiger partial charge in [0.25, 0.3) is 0 Å². The van der Waals surface area contributed by atoms with Gasteiger partial charge in [-0.25, -0.2) is 0 Å². The summed E-state index contributed by atoms with van der Waals surface area (Å²) in [7, 11) is 0. The average molecular weight is 147 g/mol. The fraction of sp³-hybridized carbons (Fsp3) is 1.00. The minimum atomic E-state index is 0.152. The zero-order valence-corrected chi connectivity index (χ0v) is 6.55. The monoisotopic (exact) mass is 147 g/mol. The molecule has 0 fully saturated rings. The van der Waals surface area contributed by atoms with Gasteiger partial charge in [0.05, 0.1) is 6.61 Å². The van der Waals surface area contributed by atoms with Gasteiger partial charge < -0.3 is 15.6 Å². The van der Waals surface area contributed by atoms with E-state index < -0.39 is 0 Å². The van der Waals surface area contributed by atoms with Crippen molar-refractivity contribution in [1.82, 2.24) is 0 Å². The average Bonchev–Trinajstić information content (AvgIpc) is 1.98. The van der Waals surface area contributed by atoms with E-state index in [0.717, 1.165) is 6.42 Å². The Bertz CT molecular complexity index is 68.6. The molecule has 0 rings (SSSR count). The molecule has 0 heterocycles. The summed E-state index contributed by atoms with van der Waals surface area (Å²) < 4.78 is 5.14. The number of hydrogen-bond acceptors (Lipinski definition) is 3. The predicted molar refractivity (Wildman–Crippen MR) is 40.8 cm³/mol. The van der Waals surface area contributed by atoms with Crippen molar-refractivity contribution in [2.75, 3.05) is 19.8 Å². The highest BCUT2D eigenvalue weighted by Gasteiger charge is 1.96. The molecule has 62 valence electrons. The Kier molecular flexibility index (Phi) is 6.91. The van der Waals surface area contributed by atoms with Gasteiger partial charge in [0.2, 0.25) is 0 Å². The molecule has 3 heteroatoms. The van der Waals surface area contributed by atoms with E-state index in [2.05, 4.69) is 0 Å². The quantitative estimate of drug-likeness (QED) is 0.525. The van der Waals surface area contributed by atoms with Crippen LogP contribution in [0.25, 0.3) is 0 Å². The van der Waals surface area contributed by atoms with Gasteiger partial charge in [-0.2, -0.15) is 0 Å². The Morgan fingerprint density at radius 2 is 2.30 bits per heavy atom. The largest absolute Gasteiger partial charge is 0.396 e. The van der Waals surface area contributed by atoms with Gasteiger partial charge in [-0.1, -0.05) is 6.92 Å². The van der Waals surface area contributed by atoms with Gasteiger partial charge in [0, 0.05) is 19.3 Å². The van der Waals surface area contributed by atoms with Crippen LogP contribution in [0.3, 0.4) is 0 Å². The molecule has 0 bridgehead atoms. The molecule has 0 aliphatic carbocycles. The van der Waals surface area contributed by atoms with E-state index in [-0.39, 0.29) is 12.6 Å². The Morgan fingerprint density at radius 1 is 1.60 bits per heavy atom. The highest BCUT2D eigenvalue weighted by atomic mass is 16.5. The lowest BCUT2D eigenvalue weighted by Crippen LogP contribution is -2.25. The van der Waals surface area contributed by atoms with Crippen LogP contribution in [-0.4, -0.2) is 31.0 Å². The minimum absolute atomic E-state index is 0.152. The second kappa shape index (κ2) is 6.99. The number of ether oxygens (including phenoxy) is 1. The molecule has 0 amide bonds. The summed E-state index contributed by atoms with van der Waals surface area (Å²) in [5.41, 5.74) is 5.57. The number of nitrogens with two attached hydrogens (primary N) is 1. The van der Waals surface area contributed by atoms with E-state index in [1.54, 1.807) is 0 Å². The highest BCUT2D eigenvalue weighted by Crippen LogP contribution is 1.88. The van der Waals surface area contributed by atoms with E-state index in [1.165, 1.54) is 0 Å². The maximum absolute atomic E-state index is 8.38. The van der Waals surface area contributed by atoms with Crippen LogP contribution in [0.2, 0.25) is 0 Å². The van der Waals surface area contributed by atoms with Crippen molar-refractivity contribution in [2.45, 2.75) is 25.8 Å². The number of aliphatic hydroxyl groups is 1. The molecular formula is C7H17NO2. The molecule has 0 radical (unpaired) electrons. The smallest absolute Gasteiger partial charge is 0.0617 e. The van der Waals surface area contributed by atoms with Crippen LogP contribution in [0.5, 0.6) is 0 Å². The zero-order valence-electron chi connectivity index (χ0n) is 6.55. The lowest BCUT2D eigenvalue weighted by Gasteiger charge is -2.08. The first-order valence-corrected chi connectivity index (χ1v) is 3.75. The van der Waals surface area contributed by atoms with Crippen LogP contribution < -0.4 is 5.73 Å². The Morgan fingerprint density at radius 3 is 2.80 bits per heavy atom. The fourth-order valence-electron chi connectivity index (χ4n) is 0.519. The SMILES string of the molecule is CCC(N)COCCCO. The standard InChI is InChI=1S/C7H17NO2/c1-2-7(8)6-10-5-3-4-9/h7,9H,2-6,8H2,1H3. The molecule has 3 N–H and O–H groups in total. The summed E-state index contributed by atoms with van der Waals surface area (Å²) in [4.78, 5) is 0. The lowest BCUT2D eigenvalue weighted by atomic mass is 10.3. The number of hydrogen-bond donors (Lipinski definition) is 2. The van der Waals surface area contributed by atoms with Crippen LogP contribution in [0.1, 0.15) is 19.8 Å². The first-order chi connectivity index (χ1) is 4.81. The van der Waals surface area contributed by atoms with E-state index >= 15 is 0 Å². The van der Waals surface area contributed by atoms with Crippen molar-refractivity contribution >= 4 is 0 Å². The summed E-state index contributed by atoms with van der Waals surface area (Å²) in [5.74, 6) is 0. The van der Waals surface area contributed by atoms with Gasteiger partial charge in [-0.15, -0.1) is 0 Å². The van der Waals surface area contributed by atoms with Crippen LogP contribution in [0.15, 0.2) is 0 Å². The summed E-state index contributed by atoms with van der Waals surface area (Å²) >= 11 is 0. The molecule has 10 heavy (non-hydrogen) atoms. The third-order valence-electron chi connectivity index (χ3n) is 1.30. The van der Waals surface area contributed by atoms with Crippen molar-refractivity contribution < 1.29 is 9.84 Å². The van der Waals surface area contributed by atoms with Gasteiger partial charge in [0.15, 0.2) is 0 Å². The first kappa shape index (κ1) is 9.88. The Balaban J connectivity index is 2.89. The van der Waals surface area contributed by atoms with Crippen molar-refractivity contribution in [3.8, 4) is 0 Å². The Hall–Kier alpha value is -0.120. The molecule has 0 saturated heterocycles. The molecule has 0 saturated carbocycles. The van der Waals surface area contributed by atoms with Gasteiger partial charge >= 0.3 is 0 Å². The minimum Gasteiger partial charge on any atom is -0.396 e. The van der Waals surface area contributed by atoms with E-state index in [0.29, 0.717) is 19.6 Å². The fourth-order valence-corrected chi connectivity index (χ4v) is 0.519. The normalized spacial score (nSPS) is 13.5. The van der Waals surface area contributed by atoms with E-state index in [9.17, 15) is 0 Å². The number of rotatable bonds is 6. The molecule has 0 aliphatic heterocycles. The predicted octanol–water partition coefficient (Wildman–Crippen LogP) is 0.123. The summed E-state index contributed by atoms with van der Waals surface area (Å²) in [6.45, 7) is 3.45. The molecular weight excluding hydrogens is 130 g/mol. The van der Waals surface area contributed by atoms with Crippen LogP contribution >= 0.6 is 0 Å². The lowest BCUT2D eigenvalue weighted by molar-refractivity contribution is 0.104. The van der Waals surface area contributed by atoms with Crippen molar-refractivity contribution in [1.29, 1.82) is 0 Å².